The lowest BCUT2D eigenvalue weighted by Crippen LogP contribution is -2.50. The van der Waals surface area contributed by atoms with Gasteiger partial charge in [-0.05, 0) is 55.5 Å². The maximum absolute atomic E-state index is 13.5. The maximum atomic E-state index is 13.5. The largest absolute Gasteiger partial charge is 0.367 e. The molecule has 0 saturated carbocycles. The third-order valence-electron chi connectivity index (χ3n) is 7.12. The molecule has 1 N–H and O–H groups in total. The lowest BCUT2D eigenvalue weighted by Gasteiger charge is -2.38. The zero-order valence-corrected chi connectivity index (χ0v) is 23.2. The van der Waals surface area contributed by atoms with E-state index in [1.165, 1.54) is 11.3 Å². The molecule has 1 saturated heterocycles. The predicted octanol–water partition coefficient (Wildman–Crippen LogP) is 5.32. The van der Waals surface area contributed by atoms with E-state index in [1.54, 1.807) is 17.0 Å². The Morgan fingerprint density at radius 3 is 2.24 bits per heavy atom. The summed E-state index contributed by atoms with van der Waals surface area (Å²) in [5.74, 6) is -0.242. The first-order valence-corrected chi connectivity index (χ1v) is 14.2. The van der Waals surface area contributed by atoms with Crippen LogP contribution >= 0.6 is 11.3 Å². The number of rotatable bonds is 9. The lowest BCUT2D eigenvalue weighted by molar-refractivity contribution is -0.133. The molecule has 7 nitrogen and oxygen atoms in total. The highest BCUT2D eigenvalue weighted by atomic mass is 32.1. The quantitative estimate of drug-likeness (QED) is 0.405. The van der Waals surface area contributed by atoms with Crippen LogP contribution in [0.25, 0.3) is 0 Å². The lowest BCUT2D eigenvalue weighted by atomic mass is 9.94. The van der Waals surface area contributed by atoms with E-state index in [1.807, 2.05) is 72.7 Å². The van der Waals surface area contributed by atoms with E-state index in [9.17, 15) is 14.4 Å². The number of thiophene rings is 1. The van der Waals surface area contributed by atoms with Gasteiger partial charge in [-0.25, -0.2) is 0 Å². The molecular formula is C30H36N4O3S. The summed E-state index contributed by atoms with van der Waals surface area (Å²) in [7, 11) is 0. The normalized spacial score (nSPS) is 14.2. The van der Waals surface area contributed by atoms with E-state index in [4.69, 9.17) is 0 Å². The van der Waals surface area contributed by atoms with Crippen LogP contribution in [0, 0.1) is 0 Å². The number of anilines is 2. The smallest absolute Gasteiger partial charge is 0.265 e. The van der Waals surface area contributed by atoms with Crippen LogP contribution in [0.2, 0.25) is 0 Å². The van der Waals surface area contributed by atoms with Gasteiger partial charge in [0.25, 0.3) is 11.8 Å². The molecule has 1 fully saturated rings. The van der Waals surface area contributed by atoms with Gasteiger partial charge in [0.05, 0.1) is 16.4 Å². The van der Waals surface area contributed by atoms with E-state index in [-0.39, 0.29) is 23.6 Å². The Morgan fingerprint density at radius 1 is 0.921 bits per heavy atom. The predicted molar refractivity (Wildman–Crippen MR) is 154 cm³/mol. The Kier molecular flexibility index (Phi) is 9.18. The Hall–Kier alpha value is -3.65. The van der Waals surface area contributed by atoms with Gasteiger partial charge in [0.1, 0.15) is 0 Å². The number of carbonyl (C=O) groups excluding carboxylic acids is 3. The number of benzene rings is 2. The van der Waals surface area contributed by atoms with Crippen molar-refractivity contribution in [2.24, 2.45) is 0 Å². The zero-order valence-electron chi connectivity index (χ0n) is 22.4. The van der Waals surface area contributed by atoms with E-state index in [2.05, 4.69) is 17.1 Å². The van der Waals surface area contributed by atoms with Gasteiger partial charge in [-0.3, -0.25) is 14.4 Å². The van der Waals surface area contributed by atoms with Crippen LogP contribution in [-0.4, -0.2) is 66.8 Å². The van der Waals surface area contributed by atoms with Crippen LogP contribution in [-0.2, 0) is 4.79 Å². The minimum Gasteiger partial charge on any atom is -0.367 e. The van der Waals surface area contributed by atoms with Crippen molar-refractivity contribution in [1.29, 1.82) is 0 Å². The molecule has 200 valence electrons. The molecule has 1 aliphatic rings. The van der Waals surface area contributed by atoms with Gasteiger partial charge >= 0.3 is 0 Å². The number of nitrogens with zero attached hydrogens (tertiary/aromatic N) is 3. The fourth-order valence-electron chi connectivity index (χ4n) is 4.97. The standard InChI is InChI=1S/C30H36N4O3S/c1-4-24(22-11-8-7-9-12-22)29(36)34-18-16-33(17-19-34)26-15-14-23(31-28(35)27-13-10-20-38-27)21-25(26)30(37)32(5-2)6-3/h7-15,20-21,24H,4-6,16-19H2,1-3H3,(H,31,35)/t24-/m0/s1. The molecule has 3 aromatic rings. The summed E-state index contributed by atoms with van der Waals surface area (Å²) in [6.07, 6.45) is 0.754. The van der Waals surface area contributed by atoms with E-state index < -0.39 is 0 Å². The van der Waals surface area contributed by atoms with Crippen molar-refractivity contribution in [3.05, 3.63) is 82.0 Å². The van der Waals surface area contributed by atoms with Crippen molar-refractivity contribution in [3.8, 4) is 0 Å². The summed E-state index contributed by atoms with van der Waals surface area (Å²) in [6, 6.07) is 19.1. The van der Waals surface area contributed by atoms with Crippen molar-refractivity contribution < 1.29 is 14.4 Å². The highest BCUT2D eigenvalue weighted by Gasteiger charge is 2.29. The third-order valence-corrected chi connectivity index (χ3v) is 7.99. The zero-order chi connectivity index (χ0) is 27.1. The molecule has 1 aromatic heterocycles. The summed E-state index contributed by atoms with van der Waals surface area (Å²) in [4.78, 5) is 46.0. The van der Waals surface area contributed by atoms with Crippen molar-refractivity contribution in [2.75, 3.05) is 49.5 Å². The summed E-state index contributed by atoms with van der Waals surface area (Å²) >= 11 is 1.38. The molecule has 38 heavy (non-hydrogen) atoms. The number of amides is 3. The van der Waals surface area contributed by atoms with Gasteiger partial charge in [0.15, 0.2) is 0 Å². The number of nitrogens with one attached hydrogen (secondary N) is 1. The monoisotopic (exact) mass is 532 g/mol. The van der Waals surface area contributed by atoms with Crippen molar-refractivity contribution in [3.63, 3.8) is 0 Å². The van der Waals surface area contributed by atoms with Crippen LogP contribution in [0.5, 0.6) is 0 Å². The Morgan fingerprint density at radius 2 is 1.63 bits per heavy atom. The maximum Gasteiger partial charge on any atom is 0.265 e. The Labute approximate surface area is 229 Å². The fraction of sp³-hybridized carbons (Fsp3) is 0.367. The summed E-state index contributed by atoms with van der Waals surface area (Å²) in [5.41, 5.74) is 3.03. The highest BCUT2D eigenvalue weighted by Crippen LogP contribution is 2.29. The first-order valence-electron chi connectivity index (χ1n) is 13.3. The van der Waals surface area contributed by atoms with Gasteiger partial charge in [0.2, 0.25) is 5.91 Å². The van der Waals surface area contributed by atoms with Crippen LogP contribution < -0.4 is 10.2 Å². The van der Waals surface area contributed by atoms with Crippen LogP contribution in [0.15, 0.2) is 66.0 Å². The molecule has 0 radical (unpaired) electrons. The van der Waals surface area contributed by atoms with E-state index >= 15 is 0 Å². The van der Waals surface area contributed by atoms with Crippen LogP contribution in [0.1, 0.15) is 58.7 Å². The van der Waals surface area contributed by atoms with E-state index in [0.717, 1.165) is 17.7 Å². The average Bonchev–Trinajstić information content (AvgIpc) is 3.50. The highest BCUT2D eigenvalue weighted by molar-refractivity contribution is 7.12. The second kappa shape index (κ2) is 12.7. The number of hydrogen-bond acceptors (Lipinski definition) is 5. The minimum absolute atomic E-state index is 0.0640. The van der Waals surface area contributed by atoms with Gasteiger partial charge < -0.3 is 20.0 Å². The van der Waals surface area contributed by atoms with Gasteiger partial charge in [-0.15, -0.1) is 11.3 Å². The molecular weight excluding hydrogens is 496 g/mol. The summed E-state index contributed by atoms with van der Waals surface area (Å²) in [6.45, 7) is 9.63. The number of piperazine rings is 1. The third kappa shape index (κ3) is 6.07. The van der Waals surface area contributed by atoms with Crippen molar-refractivity contribution in [2.45, 2.75) is 33.1 Å². The van der Waals surface area contributed by atoms with Gasteiger partial charge in [-0.1, -0.05) is 43.3 Å². The molecule has 2 heterocycles. The van der Waals surface area contributed by atoms with Crippen molar-refractivity contribution in [1.82, 2.24) is 9.80 Å². The van der Waals surface area contributed by atoms with E-state index in [0.29, 0.717) is 55.4 Å². The van der Waals surface area contributed by atoms with Crippen LogP contribution in [0.3, 0.4) is 0 Å². The Balaban J connectivity index is 1.52. The minimum atomic E-state index is -0.190. The number of hydrogen-bond donors (Lipinski definition) is 1. The molecule has 0 unspecified atom stereocenters. The molecule has 0 aliphatic carbocycles. The Bertz CT molecular complexity index is 1230. The van der Waals surface area contributed by atoms with Gasteiger partial charge in [-0.2, -0.15) is 0 Å². The average molecular weight is 533 g/mol. The molecule has 3 amide bonds. The number of carbonyl (C=O) groups is 3. The second-order valence-corrected chi connectivity index (χ2v) is 10.3. The molecule has 4 rings (SSSR count). The second-order valence-electron chi connectivity index (χ2n) is 9.32. The SMILES string of the molecule is CC[C@H](C(=O)N1CCN(c2ccc(NC(=O)c3cccs3)cc2C(=O)N(CC)CC)CC1)c1ccccc1. The molecule has 1 aliphatic heterocycles. The molecule has 1 atom stereocenters. The molecule has 0 spiro atoms. The first-order chi connectivity index (χ1) is 18.5. The molecule has 0 bridgehead atoms. The molecule has 8 heteroatoms. The topological polar surface area (TPSA) is 73.0 Å². The summed E-state index contributed by atoms with van der Waals surface area (Å²) in [5, 5.41) is 4.79. The van der Waals surface area contributed by atoms with Crippen molar-refractivity contribution >= 4 is 40.4 Å². The fourth-order valence-corrected chi connectivity index (χ4v) is 5.59. The van der Waals surface area contributed by atoms with Crippen LogP contribution in [0.4, 0.5) is 11.4 Å². The van der Waals surface area contributed by atoms with Gasteiger partial charge in [0, 0.05) is 50.6 Å². The summed E-state index contributed by atoms with van der Waals surface area (Å²) < 4.78 is 0. The molecule has 2 aromatic carbocycles. The first kappa shape index (κ1) is 27.4.